The number of rotatable bonds is 5. The molecule has 2 N–H and O–H groups in total. The van der Waals surface area contributed by atoms with E-state index in [2.05, 4.69) is 49.3 Å². The molecule has 0 aromatic carbocycles. The van der Waals surface area contributed by atoms with E-state index in [1.54, 1.807) is 0 Å². The minimum Gasteiger partial charge on any atom is -0.396 e. The first-order chi connectivity index (χ1) is 7.80. The molecule has 0 bridgehead atoms. The van der Waals surface area contributed by atoms with Crippen LogP contribution in [0.25, 0.3) is 0 Å². The average molecular weight is 257 g/mol. The highest BCUT2D eigenvalue weighted by Gasteiger charge is 2.25. The number of nitrogens with zero attached hydrogens (tertiary/aromatic N) is 2. The molecule has 1 rings (SSSR count). The maximum absolute atomic E-state index is 9.07. The second-order valence-corrected chi connectivity index (χ2v) is 6.44. The van der Waals surface area contributed by atoms with Gasteiger partial charge in [-0.2, -0.15) is 4.37 Å². The van der Waals surface area contributed by atoms with Crippen LogP contribution in [-0.2, 0) is 5.41 Å². The van der Waals surface area contributed by atoms with Gasteiger partial charge in [0.1, 0.15) is 5.82 Å². The van der Waals surface area contributed by atoms with E-state index < -0.39 is 0 Å². The summed E-state index contributed by atoms with van der Waals surface area (Å²) in [6.07, 6.45) is 1.66. The first-order valence-corrected chi connectivity index (χ1v) is 6.81. The van der Waals surface area contributed by atoms with Gasteiger partial charge in [-0.25, -0.2) is 4.98 Å². The fraction of sp³-hybridized carbons (Fsp3) is 0.833. The molecule has 1 heterocycles. The Hall–Kier alpha value is -0.680. The van der Waals surface area contributed by atoms with Crippen LogP contribution in [-0.4, -0.2) is 26.6 Å². The lowest BCUT2D eigenvalue weighted by Gasteiger charge is -2.28. The number of aliphatic hydroxyl groups excluding tert-OH is 1. The Morgan fingerprint density at radius 3 is 2.35 bits per heavy atom. The Kier molecular flexibility index (Phi) is 4.49. The Morgan fingerprint density at radius 2 is 1.94 bits per heavy atom. The van der Waals surface area contributed by atoms with E-state index in [0.717, 1.165) is 17.4 Å². The first-order valence-electron chi connectivity index (χ1n) is 6.04. The predicted octanol–water partition coefficient (Wildman–Crippen LogP) is 2.80. The van der Waals surface area contributed by atoms with Crippen LogP contribution in [0.5, 0.6) is 0 Å². The zero-order valence-corrected chi connectivity index (χ0v) is 12.2. The zero-order valence-electron chi connectivity index (χ0n) is 11.4. The SMILES string of the molecule is CCC(C)(CCO)Nc1nc(C(C)(C)C)ns1. The Bertz CT molecular complexity index is 359. The van der Waals surface area contributed by atoms with Gasteiger partial charge in [0.05, 0.1) is 0 Å². The van der Waals surface area contributed by atoms with E-state index in [1.165, 1.54) is 11.5 Å². The normalized spacial score (nSPS) is 15.6. The highest BCUT2D eigenvalue weighted by molar-refractivity contribution is 7.09. The molecular formula is C12H23N3OS. The highest BCUT2D eigenvalue weighted by atomic mass is 32.1. The lowest BCUT2D eigenvalue weighted by molar-refractivity contribution is 0.252. The summed E-state index contributed by atoms with van der Waals surface area (Å²) >= 11 is 1.39. The van der Waals surface area contributed by atoms with Crippen molar-refractivity contribution in [1.29, 1.82) is 0 Å². The number of aromatic nitrogens is 2. The molecule has 0 spiro atoms. The van der Waals surface area contributed by atoms with E-state index in [9.17, 15) is 0 Å². The summed E-state index contributed by atoms with van der Waals surface area (Å²) in [5.41, 5.74) is -0.126. The van der Waals surface area contributed by atoms with Gasteiger partial charge in [-0.05, 0) is 19.8 Å². The molecule has 1 unspecified atom stereocenters. The average Bonchev–Trinajstić information content (AvgIpc) is 2.66. The number of hydrogen-bond acceptors (Lipinski definition) is 5. The summed E-state index contributed by atoms with van der Waals surface area (Å²) in [6.45, 7) is 10.7. The van der Waals surface area contributed by atoms with Crippen LogP contribution < -0.4 is 5.32 Å². The molecule has 1 aromatic rings. The molecule has 0 radical (unpaired) electrons. The minimum atomic E-state index is -0.108. The molecule has 5 heteroatoms. The van der Waals surface area contributed by atoms with Crippen molar-refractivity contribution in [2.45, 2.75) is 58.4 Å². The zero-order chi connectivity index (χ0) is 13.1. The fourth-order valence-corrected chi connectivity index (χ4v) is 2.32. The molecule has 0 aliphatic carbocycles. The molecular weight excluding hydrogens is 234 g/mol. The van der Waals surface area contributed by atoms with Crippen LogP contribution in [0.3, 0.4) is 0 Å². The molecule has 98 valence electrons. The standard InChI is InChI=1S/C12H23N3OS/c1-6-12(5,7-8-16)14-10-13-9(15-17-10)11(2,3)4/h16H,6-8H2,1-5H3,(H,13,14,15). The number of nitrogens with one attached hydrogen (secondary N) is 1. The summed E-state index contributed by atoms with van der Waals surface area (Å²) in [7, 11) is 0. The number of anilines is 1. The van der Waals surface area contributed by atoms with Crippen LogP contribution >= 0.6 is 11.5 Å². The first kappa shape index (κ1) is 14.4. The van der Waals surface area contributed by atoms with Gasteiger partial charge in [0.15, 0.2) is 0 Å². The number of hydrogen-bond donors (Lipinski definition) is 2. The molecule has 17 heavy (non-hydrogen) atoms. The monoisotopic (exact) mass is 257 g/mol. The van der Waals surface area contributed by atoms with Gasteiger partial charge < -0.3 is 10.4 Å². The molecule has 0 fully saturated rings. The Labute approximate surface area is 108 Å². The van der Waals surface area contributed by atoms with Gasteiger partial charge in [0.25, 0.3) is 0 Å². The molecule has 0 aliphatic heterocycles. The summed E-state index contributed by atoms with van der Waals surface area (Å²) in [5, 5.41) is 13.3. The van der Waals surface area contributed by atoms with Crippen molar-refractivity contribution in [2.75, 3.05) is 11.9 Å². The molecule has 0 saturated carbocycles. The minimum absolute atomic E-state index is 0.0178. The molecule has 1 atom stereocenters. The summed E-state index contributed by atoms with van der Waals surface area (Å²) in [5.74, 6) is 0.868. The maximum Gasteiger partial charge on any atom is 0.203 e. The smallest absolute Gasteiger partial charge is 0.203 e. The predicted molar refractivity (Wildman–Crippen MR) is 72.6 cm³/mol. The molecule has 1 aromatic heterocycles. The van der Waals surface area contributed by atoms with E-state index in [-0.39, 0.29) is 17.6 Å². The quantitative estimate of drug-likeness (QED) is 0.851. The third-order valence-corrected chi connectivity index (χ3v) is 3.58. The lowest BCUT2D eigenvalue weighted by Crippen LogP contribution is -2.35. The number of aliphatic hydroxyl groups is 1. The van der Waals surface area contributed by atoms with Crippen molar-refractivity contribution >= 4 is 16.7 Å². The van der Waals surface area contributed by atoms with Crippen molar-refractivity contribution in [2.24, 2.45) is 0 Å². The van der Waals surface area contributed by atoms with Crippen LogP contribution in [0.1, 0.15) is 53.3 Å². The third kappa shape index (κ3) is 3.92. The van der Waals surface area contributed by atoms with Gasteiger partial charge in [-0.1, -0.05) is 27.7 Å². The summed E-state index contributed by atoms with van der Waals surface area (Å²) in [4.78, 5) is 4.51. The van der Waals surface area contributed by atoms with Crippen molar-refractivity contribution in [3.63, 3.8) is 0 Å². The Balaban J connectivity index is 2.78. The van der Waals surface area contributed by atoms with Crippen LogP contribution in [0.2, 0.25) is 0 Å². The van der Waals surface area contributed by atoms with Crippen LogP contribution in [0.15, 0.2) is 0 Å². The topological polar surface area (TPSA) is 58.0 Å². The third-order valence-electron chi connectivity index (χ3n) is 2.95. The van der Waals surface area contributed by atoms with E-state index in [4.69, 9.17) is 5.11 Å². The second kappa shape index (κ2) is 5.31. The highest BCUT2D eigenvalue weighted by Crippen LogP contribution is 2.26. The Morgan fingerprint density at radius 1 is 1.29 bits per heavy atom. The van der Waals surface area contributed by atoms with Gasteiger partial charge in [0.2, 0.25) is 5.13 Å². The van der Waals surface area contributed by atoms with Gasteiger partial charge in [-0.15, -0.1) is 0 Å². The van der Waals surface area contributed by atoms with Crippen LogP contribution in [0.4, 0.5) is 5.13 Å². The maximum atomic E-state index is 9.07. The van der Waals surface area contributed by atoms with Crippen molar-refractivity contribution < 1.29 is 5.11 Å². The van der Waals surface area contributed by atoms with E-state index in [0.29, 0.717) is 6.42 Å². The van der Waals surface area contributed by atoms with Crippen molar-refractivity contribution in [3.05, 3.63) is 5.82 Å². The largest absolute Gasteiger partial charge is 0.396 e. The van der Waals surface area contributed by atoms with Crippen LogP contribution in [0, 0.1) is 0 Å². The van der Waals surface area contributed by atoms with Crippen molar-refractivity contribution in [1.82, 2.24) is 9.36 Å². The van der Waals surface area contributed by atoms with Gasteiger partial charge >= 0.3 is 0 Å². The molecule has 0 amide bonds. The molecule has 4 nitrogen and oxygen atoms in total. The van der Waals surface area contributed by atoms with Gasteiger partial charge in [-0.3, -0.25) is 0 Å². The van der Waals surface area contributed by atoms with Crippen molar-refractivity contribution in [3.8, 4) is 0 Å². The fourth-order valence-electron chi connectivity index (χ4n) is 1.41. The molecule has 0 saturated heterocycles. The van der Waals surface area contributed by atoms with Gasteiger partial charge in [0, 0.05) is 29.1 Å². The summed E-state index contributed by atoms with van der Waals surface area (Å²) < 4.78 is 4.37. The summed E-state index contributed by atoms with van der Waals surface area (Å²) in [6, 6.07) is 0. The molecule has 0 aliphatic rings. The van der Waals surface area contributed by atoms with E-state index in [1.807, 2.05) is 0 Å². The second-order valence-electron chi connectivity index (χ2n) is 5.69. The van der Waals surface area contributed by atoms with E-state index >= 15 is 0 Å². The lowest BCUT2D eigenvalue weighted by atomic mass is 9.95.